The fourth-order valence-corrected chi connectivity index (χ4v) is 5.54. The quantitative estimate of drug-likeness (QED) is 0.835. The van der Waals surface area contributed by atoms with Crippen molar-refractivity contribution in [3.05, 3.63) is 0 Å². The van der Waals surface area contributed by atoms with Gasteiger partial charge in [-0.05, 0) is 50.4 Å². The van der Waals surface area contributed by atoms with Gasteiger partial charge in [-0.1, -0.05) is 39.5 Å². The molecule has 0 aromatic heterocycles. The summed E-state index contributed by atoms with van der Waals surface area (Å²) in [4.78, 5) is 2.87. The predicted octanol–water partition coefficient (Wildman–Crippen LogP) is 4.20. The lowest BCUT2D eigenvalue weighted by atomic mass is 9.77. The van der Waals surface area contributed by atoms with E-state index in [9.17, 15) is 0 Å². The molecule has 1 saturated heterocycles. The van der Waals surface area contributed by atoms with E-state index in [1.807, 2.05) is 0 Å². The van der Waals surface area contributed by atoms with Crippen LogP contribution in [0, 0.1) is 11.3 Å². The molecule has 2 aliphatic carbocycles. The Balaban J connectivity index is 1.68. The van der Waals surface area contributed by atoms with Gasteiger partial charge in [-0.25, -0.2) is 0 Å². The minimum Gasteiger partial charge on any atom is -0.308 e. The van der Waals surface area contributed by atoms with Crippen LogP contribution in [0.2, 0.25) is 0 Å². The van der Waals surface area contributed by atoms with Crippen LogP contribution in [0.25, 0.3) is 0 Å². The Kier molecular flexibility index (Phi) is 4.66. The first-order valence-corrected chi connectivity index (χ1v) is 9.52. The fourth-order valence-electron chi connectivity index (χ4n) is 5.54. The molecule has 122 valence electrons. The van der Waals surface area contributed by atoms with Crippen LogP contribution >= 0.6 is 0 Å². The summed E-state index contributed by atoms with van der Waals surface area (Å²) in [6.45, 7) is 11.2. The third-order valence-electron chi connectivity index (χ3n) is 6.51. The summed E-state index contributed by atoms with van der Waals surface area (Å²) < 4.78 is 0. The van der Waals surface area contributed by atoms with E-state index in [1.54, 1.807) is 0 Å². The topological polar surface area (TPSA) is 15.3 Å². The van der Waals surface area contributed by atoms with Crippen molar-refractivity contribution in [2.24, 2.45) is 11.3 Å². The maximum Gasteiger partial charge on any atom is 0.0309 e. The first-order valence-electron chi connectivity index (χ1n) is 9.52. The zero-order valence-electron chi connectivity index (χ0n) is 14.6. The molecular formula is C19H36N2. The molecule has 2 nitrogen and oxygen atoms in total. The van der Waals surface area contributed by atoms with Crippen molar-refractivity contribution in [2.45, 2.75) is 90.1 Å². The Hall–Kier alpha value is -0.0800. The van der Waals surface area contributed by atoms with Crippen molar-refractivity contribution in [1.29, 1.82) is 0 Å². The summed E-state index contributed by atoms with van der Waals surface area (Å²) in [7, 11) is 0. The third kappa shape index (κ3) is 3.47. The van der Waals surface area contributed by atoms with Crippen molar-refractivity contribution in [2.75, 3.05) is 19.6 Å². The molecule has 0 aromatic carbocycles. The maximum atomic E-state index is 3.91. The van der Waals surface area contributed by atoms with E-state index < -0.39 is 0 Å². The molecule has 21 heavy (non-hydrogen) atoms. The molecule has 1 aliphatic heterocycles. The Bertz CT molecular complexity index is 337. The van der Waals surface area contributed by atoms with Crippen LogP contribution in [0.4, 0.5) is 0 Å². The van der Waals surface area contributed by atoms with Gasteiger partial charge in [0.1, 0.15) is 0 Å². The first-order chi connectivity index (χ1) is 10.0. The molecule has 1 atom stereocenters. The number of hydrogen-bond acceptors (Lipinski definition) is 2. The second kappa shape index (κ2) is 6.20. The minimum absolute atomic E-state index is 0.476. The molecule has 2 saturated carbocycles. The van der Waals surface area contributed by atoms with E-state index in [0.29, 0.717) is 11.0 Å². The summed E-state index contributed by atoms with van der Waals surface area (Å²) in [5, 5.41) is 3.91. The molecule has 3 rings (SSSR count). The lowest BCUT2D eigenvalue weighted by molar-refractivity contribution is 0.0384. The van der Waals surface area contributed by atoms with Crippen LogP contribution in [0.15, 0.2) is 0 Å². The highest BCUT2D eigenvalue weighted by molar-refractivity contribution is 5.02. The Labute approximate surface area is 132 Å². The largest absolute Gasteiger partial charge is 0.308 e. The summed E-state index contributed by atoms with van der Waals surface area (Å²) in [6.07, 6.45) is 13.0. The standard InChI is InChI=1S/C19H36N2/c1-16(2)12-18(8-4-5-9-18)14-21-15-19(10-6-7-11-19)20-13-17(21)3/h16-17,20H,4-15H2,1-3H3. The zero-order chi connectivity index (χ0) is 14.9. The van der Waals surface area contributed by atoms with Gasteiger partial charge in [0.15, 0.2) is 0 Å². The van der Waals surface area contributed by atoms with Crippen LogP contribution in [-0.2, 0) is 0 Å². The molecule has 1 heterocycles. The molecule has 3 aliphatic rings. The lowest BCUT2D eigenvalue weighted by Crippen LogP contribution is -2.63. The Morgan fingerprint density at radius 1 is 1.05 bits per heavy atom. The fraction of sp³-hybridized carbons (Fsp3) is 1.00. The maximum absolute atomic E-state index is 3.91. The average molecular weight is 293 g/mol. The number of rotatable bonds is 4. The van der Waals surface area contributed by atoms with Gasteiger partial charge in [-0.3, -0.25) is 4.90 Å². The summed E-state index contributed by atoms with van der Waals surface area (Å²) in [5.74, 6) is 0.849. The van der Waals surface area contributed by atoms with Crippen LogP contribution in [0.5, 0.6) is 0 Å². The average Bonchev–Trinajstić information content (AvgIpc) is 3.04. The van der Waals surface area contributed by atoms with Gasteiger partial charge in [-0.2, -0.15) is 0 Å². The second-order valence-corrected chi connectivity index (χ2v) is 8.93. The van der Waals surface area contributed by atoms with E-state index in [2.05, 4.69) is 31.0 Å². The van der Waals surface area contributed by atoms with Crippen LogP contribution in [0.3, 0.4) is 0 Å². The van der Waals surface area contributed by atoms with Gasteiger partial charge < -0.3 is 5.32 Å². The van der Waals surface area contributed by atoms with Gasteiger partial charge in [0.05, 0.1) is 0 Å². The van der Waals surface area contributed by atoms with E-state index in [0.717, 1.165) is 12.0 Å². The Morgan fingerprint density at radius 2 is 1.67 bits per heavy atom. The van der Waals surface area contributed by atoms with Crippen LogP contribution in [-0.4, -0.2) is 36.1 Å². The monoisotopic (exact) mass is 292 g/mol. The smallest absolute Gasteiger partial charge is 0.0309 e. The predicted molar refractivity (Wildman–Crippen MR) is 90.6 cm³/mol. The van der Waals surface area contributed by atoms with Gasteiger partial charge >= 0.3 is 0 Å². The second-order valence-electron chi connectivity index (χ2n) is 8.93. The van der Waals surface area contributed by atoms with Crippen molar-refractivity contribution < 1.29 is 0 Å². The van der Waals surface area contributed by atoms with Crippen molar-refractivity contribution in [3.63, 3.8) is 0 Å². The van der Waals surface area contributed by atoms with Crippen LogP contribution in [0.1, 0.15) is 78.6 Å². The molecule has 1 N–H and O–H groups in total. The number of piperazine rings is 1. The molecule has 0 bridgehead atoms. The van der Waals surface area contributed by atoms with Gasteiger partial charge in [0.25, 0.3) is 0 Å². The molecule has 0 radical (unpaired) electrons. The highest BCUT2D eigenvalue weighted by atomic mass is 15.3. The summed E-state index contributed by atoms with van der Waals surface area (Å²) >= 11 is 0. The molecule has 1 unspecified atom stereocenters. The third-order valence-corrected chi connectivity index (χ3v) is 6.51. The lowest BCUT2D eigenvalue weighted by Gasteiger charge is -2.48. The minimum atomic E-state index is 0.476. The highest BCUT2D eigenvalue weighted by Crippen LogP contribution is 2.45. The van der Waals surface area contributed by atoms with Crippen molar-refractivity contribution in [1.82, 2.24) is 10.2 Å². The number of nitrogens with one attached hydrogen (secondary N) is 1. The zero-order valence-corrected chi connectivity index (χ0v) is 14.6. The molecule has 1 spiro atoms. The van der Waals surface area contributed by atoms with Gasteiger partial charge in [-0.15, -0.1) is 0 Å². The number of hydrogen-bond donors (Lipinski definition) is 1. The van der Waals surface area contributed by atoms with E-state index in [1.165, 1.54) is 77.4 Å². The summed E-state index contributed by atoms with van der Waals surface area (Å²) in [6, 6.07) is 0.723. The molecular weight excluding hydrogens is 256 g/mol. The first kappa shape index (κ1) is 15.8. The van der Waals surface area contributed by atoms with Crippen molar-refractivity contribution >= 4 is 0 Å². The SMILES string of the molecule is CC(C)CC1(CN2CC3(CCCC3)NCC2C)CCCC1. The van der Waals surface area contributed by atoms with Crippen molar-refractivity contribution in [3.8, 4) is 0 Å². The van der Waals surface area contributed by atoms with E-state index >= 15 is 0 Å². The van der Waals surface area contributed by atoms with Gasteiger partial charge in [0.2, 0.25) is 0 Å². The summed E-state index contributed by atoms with van der Waals surface area (Å²) in [5.41, 5.74) is 1.11. The number of nitrogens with zero attached hydrogens (tertiary/aromatic N) is 1. The molecule has 3 fully saturated rings. The highest BCUT2D eigenvalue weighted by Gasteiger charge is 2.43. The van der Waals surface area contributed by atoms with Gasteiger partial charge in [0, 0.05) is 31.2 Å². The normalized spacial score (nSPS) is 32.3. The Morgan fingerprint density at radius 3 is 2.29 bits per heavy atom. The molecule has 2 heteroatoms. The molecule has 0 aromatic rings. The van der Waals surface area contributed by atoms with E-state index in [4.69, 9.17) is 0 Å². The van der Waals surface area contributed by atoms with Crippen LogP contribution < -0.4 is 5.32 Å². The molecule has 0 amide bonds. The van der Waals surface area contributed by atoms with E-state index in [-0.39, 0.29) is 0 Å².